The summed E-state index contributed by atoms with van der Waals surface area (Å²) in [7, 11) is 0. The molecule has 0 spiro atoms. The summed E-state index contributed by atoms with van der Waals surface area (Å²) in [5.41, 5.74) is 0. The Bertz CT molecular complexity index is 145. The molecule has 1 rings (SSSR count). The molecule has 72 valence electrons. The van der Waals surface area contributed by atoms with Gasteiger partial charge in [-0.1, -0.05) is 0 Å². The molecule has 0 amide bonds. The third kappa shape index (κ3) is 2.53. The molecule has 1 aliphatic heterocycles. The number of hydrogen-bond acceptors (Lipinski definition) is 2. The van der Waals surface area contributed by atoms with Crippen LogP contribution >= 0.6 is 23.0 Å². The average molecular weight is 287 g/mol. The van der Waals surface area contributed by atoms with Crippen LogP contribution < -0.4 is 0 Å². The van der Waals surface area contributed by atoms with Gasteiger partial charge in [0.15, 0.2) is 0 Å². The van der Waals surface area contributed by atoms with Crippen molar-refractivity contribution in [3.05, 3.63) is 0 Å². The molecule has 0 radical (unpaired) electrons. The monoisotopic (exact) mass is 287 g/mol. The molecule has 0 aromatic carbocycles. The van der Waals surface area contributed by atoms with Crippen LogP contribution in [0.2, 0.25) is 0 Å². The zero-order valence-corrected chi connectivity index (χ0v) is 9.62. The number of alkyl halides is 1. The highest BCUT2D eigenvalue weighted by Crippen LogP contribution is 2.23. The summed E-state index contributed by atoms with van der Waals surface area (Å²) in [4.78, 5) is 2.17. The van der Waals surface area contributed by atoms with Gasteiger partial charge in [0.05, 0.1) is 6.61 Å². The normalized spacial score (nSPS) is 31.8. The molecular formula is C8H15FINO. The molecule has 1 aliphatic rings. The average Bonchev–Trinajstić information content (AvgIpc) is 2.32. The fourth-order valence-electron chi connectivity index (χ4n) is 1.75. The maximum absolute atomic E-state index is 13.0. The number of likely N-dealkylation sites (tertiary alicyclic amines) is 1. The van der Waals surface area contributed by atoms with Crippen LogP contribution in [0.1, 0.15) is 20.3 Å². The van der Waals surface area contributed by atoms with Crippen LogP contribution in [0.5, 0.6) is 0 Å². The van der Waals surface area contributed by atoms with Crippen LogP contribution in [0.15, 0.2) is 0 Å². The van der Waals surface area contributed by atoms with E-state index in [1.54, 1.807) is 0 Å². The van der Waals surface area contributed by atoms with Gasteiger partial charge in [-0.25, -0.2) is 4.39 Å². The molecule has 0 saturated carbocycles. The molecule has 0 aromatic rings. The first-order valence-corrected chi connectivity index (χ1v) is 5.16. The summed E-state index contributed by atoms with van der Waals surface area (Å²) in [6, 6.07) is 0.694. The van der Waals surface area contributed by atoms with Crippen LogP contribution in [0.25, 0.3) is 0 Å². The van der Waals surface area contributed by atoms with E-state index in [2.05, 4.69) is 18.7 Å². The largest absolute Gasteiger partial charge is 0.314 e. The molecule has 1 heterocycles. The first-order valence-electron chi connectivity index (χ1n) is 4.28. The van der Waals surface area contributed by atoms with E-state index in [1.165, 1.54) is 0 Å². The second-order valence-corrected chi connectivity index (χ2v) is 4.18. The van der Waals surface area contributed by atoms with Crippen LogP contribution in [0, 0.1) is 0 Å². The van der Waals surface area contributed by atoms with Crippen molar-refractivity contribution in [1.29, 1.82) is 0 Å². The quantitative estimate of drug-likeness (QED) is 0.738. The van der Waals surface area contributed by atoms with Crippen LogP contribution in [-0.2, 0) is 3.07 Å². The van der Waals surface area contributed by atoms with Crippen molar-refractivity contribution < 1.29 is 7.46 Å². The topological polar surface area (TPSA) is 12.5 Å². The highest BCUT2D eigenvalue weighted by Gasteiger charge is 2.33. The Morgan fingerprint density at radius 3 is 2.83 bits per heavy atom. The Morgan fingerprint density at radius 2 is 2.33 bits per heavy atom. The van der Waals surface area contributed by atoms with Gasteiger partial charge in [-0.2, -0.15) is 0 Å². The van der Waals surface area contributed by atoms with Gasteiger partial charge < -0.3 is 3.07 Å². The van der Waals surface area contributed by atoms with E-state index < -0.39 is 6.17 Å². The second kappa shape index (κ2) is 4.72. The molecule has 12 heavy (non-hydrogen) atoms. The van der Waals surface area contributed by atoms with Crippen molar-refractivity contribution in [3.63, 3.8) is 0 Å². The summed E-state index contributed by atoms with van der Waals surface area (Å²) in [6.07, 6.45) is -0.0368. The van der Waals surface area contributed by atoms with E-state index >= 15 is 0 Å². The third-order valence-electron chi connectivity index (χ3n) is 2.32. The summed E-state index contributed by atoms with van der Waals surface area (Å²) in [5.74, 6) is 0. The maximum atomic E-state index is 13.0. The summed E-state index contributed by atoms with van der Waals surface area (Å²) >= 11 is 1.87. The Kier molecular flexibility index (Phi) is 4.19. The highest BCUT2D eigenvalue weighted by molar-refractivity contribution is 14.1. The van der Waals surface area contributed by atoms with Gasteiger partial charge >= 0.3 is 0 Å². The summed E-state index contributed by atoms with van der Waals surface area (Å²) in [6.45, 7) is 5.40. The zero-order valence-electron chi connectivity index (χ0n) is 7.46. The van der Waals surface area contributed by atoms with Crippen LogP contribution in [0.3, 0.4) is 0 Å². The van der Waals surface area contributed by atoms with Crippen LogP contribution in [-0.4, -0.2) is 36.3 Å². The lowest BCUT2D eigenvalue weighted by atomic mass is 10.2. The van der Waals surface area contributed by atoms with Gasteiger partial charge in [-0.05, 0) is 20.3 Å². The van der Waals surface area contributed by atoms with Crippen molar-refractivity contribution >= 4 is 23.0 Å². The molecule has 0 aliphatic carbocycles. The second-order valence-electron chi connectivity index (χ2n) is 3.55. The molecule has 2 atom stereocenters. The van der Waals surface area contributed by atoms with Gasteiger partial charge in [0.25, 0.3) is 0 Å². The Hall–Kier alpha value is 0.580. The molecular weight excluding hydrogens is 272 g/mol. The minimum absolute atomic E-state index is 0.275. The fraction of sp³-hybridized carbons (Fsp3) is 1.00. The first-order chi connectivity index (χ1) is 5.65. The zero-order chi connectivity index (χ0) is 9.14. The van der Waals surface area contributed by atoms with Gasteiger partial charge in [0, 0.05) is 18.6 Å². The molecule has 0 bridgehead atoms. The first kappa shape index (κ1) is 10.7. The Labute approximate surface area is 87.1 Å². The minimum Gasteiger partial charge on any atom is -0.314 e. The smallest absolute Gasteiger partial charge is 0.114 e. The van der Waals surface area contributed by atoms with E-state index in [0.717, 1.165) is 0 Å². The lowest BCUT2D eigenvalue weighted by Gasteiger charge is -2.26. The van der Waals surface area contributed by atoms with Crippen molar-refractivity contribution in [3.8, 4) is 0 Å². The fourth-order valence-corrected chi connectivity index (χ4v) is 2.17. The summed E-state index contributed by atoms with van der Waals surface area (Å²) < 4.78 is 18.0. The number of rotatable bonds is 3. The predicted octanol–water partition coefficient (Wildman–Crippen LogP) is 2.17. The predicted molar refractivity (Wildman–Crippen MR) is 55.1 cm³/mol. The van der Waals surface area contributed by atoms with Crippen molar-refractivity contribution in [2.45, 2.75) is 38.5 Å². The van der Waals surface area contributed by atoms with Gasteiger partial charge in [0.2, 0.25) is 0 Å². The maximum Gasteiger partial charge on any atom is 0.114 e. The lowest BCUT2D eigenvalue weighted by Crippen LogP contribution is -2.37. The van der Waals surface area contributed by atoms with E-state index in [9.17, 15) is 4.39 Å². The van der Waals surface area contributed by atoms with E-state index in [-0.39, 0.29) is 6.04 Å². The van der Waals surface area contributed by atoms with Crippen LogP contribution in [0.4, 0.5) is 4.39 Å². The number of nitrogens with zero attached hydrogens (tertiary/aromatic N) is 1. The van der Waals surface area contributed by atoms with Crippen molar-refractivity contribution in [1.82, 2.24) is 4.90 Å². The van der Waals surface area contributed by atoms with E-state index in [1.807, 2.05) is 23.0 Å². The highest BCUT2D eigenvalue weighted by atomic mass is 127. The molecule has 0 aromatic heterocycles. The Balaban J connectivity index is 2.47. The van der Waals surface area contributed by atoms with Crippen molar-refractivity contribution in [2.75, 3.05) is 13.2 Å². The molecule has 1 saturated heterocycles. The summed E-state index contributed by atoms with van der Waals surface area (Å²) in [5, 5.41) is 0. The Morgan fingerprint density at radius 1 is 1.67 bits per heavy atom. The molecule has 2 nitrogen and oxygen atoms in total. The van der Waals surface area contributed by atoms with Crippen molar-refractivity contribution in [2.24, 2.45) is 0 Å². The molecule has 4 heteroatoms. The lowest BCUT2D eigenvalue weighted by molar-refractivity contribution is 0.162. The molecule has 0 unspecified atom stereocenters. The van der Waals surface area contributed by atoms with Gasteiger partial charge in [0.1, 0.15) is 29.2 Å². The SMILES string of the molecule is CC(C)N1C[C@H](F)C[C@H]1COI. The number of halogens is 2. The minimum atomic E-state index is -0.663. The van der Waals surface area contributed by atoms with E-state index in [0.29, 0.717) is 25.6 Å². The van der Waals surface area contributed by atoms with E-state index in [4.69, 9.17) is 3.07 Å². The third-order valence-corrected chi connectivity index (χ3v) is 2.68. The van der Waals surface area contributed by atoms with Gasteiger partial charge in [-0.15, -0.1) is 0 Å². The molecule has 0 N–H and O–H groups in total. The number of hydrogen-bond donors (Lipinski definition) is 0. The standard InChI is InChI=1S/C8H15FINO/c1-6(2)11-4-7(9)3-8(11)5-12-10/h6-8H,3-5H2,1-2H3/t7-,8+/m1/s1. The molecule has 1 fully saturated rings. The van der Waals surface area contributed by atoms with Gasteiger partial charge in [-0.3, -0.25) is 4.90 Å².